The molecule has 1 amide bonds. The zero-order chi connectivity index (χ0) is 17.5. The number of amides is 1. The summed E-state index contributed by atoms with van der Waals surface area (Å²) in [6, 6.07) is 6.51. The first-order valence-electron chi connectivity index (χ1n) is 7.71. The highest BCUT2D eigenvalue weighted by Gasteiger charge is 2.32. The lowest BCUT2D eigenvalue weighted by molar-refractivity contribution is 0.0696. The number of nitrogens with one attached hydrogen (secondary N) is 1. The predicted octanol–water partition coefficient (Wildman–Crippen LogP) is 4.87. The fraction of sp³-hybridized carbons (Fsp3) is 0.333. The standard InChI is InChI=1S/C18H18ClNO3S/c1-18(2)8-7-12-13(9-18)24-16(14(12)17(22)23)20-15(21)10-3-5-11(19)6-4-10/h3-6H,7-9H2,1-2H3,(H,20,21)(H,22,23). The van der Waals surface area contributed by atoms with E-state index < -0.39 is 5.97 Å². The van der Waals surface area contributed by atoms with Crippen LogP contribution < -0.4 is 5.32 Å². The first kappa shape index (κ1) is 17.0. The van der Waals surface area contributed by atoms with E-state index in [9.17, 15) is 14.7 Å². The van der Waals surface area contributed by atoms with E-state index in [1.54, 1.807) is 24.3 Å². The van der Waals surface area contributed by atoms with Gasteiger partial charge in [-0.2, -0.15) is 0 Å². The van der Waals surface area contributed by atoms with Gasteiger partial charge in [-0.25, -0.2) is 4.79 Å². The maximum absolute atomic E-state index is 12.4. The van der Waals surface area contributed by atoms with Crippen LogP contribution in [-0.4, -0.2) is 17.0 Å². The number of carboxylic acids is 1. The van der Waals surface area contributed by atoms with Gasteiger partial charge in [-0.1, -0.05) is 25.4 Å². The Kier molecular flexibility index (Phi) is 4.40. The van der Waals surface area contributed by atoms with E-state index in [1.807, 2.05) is 0 Å². The van der Waals surface area contributed by atoms with Gasteiger partial charge in [0.05, 0.1) is 5.56 Å². The summed E-state index contributed by atoms with van der Waals surface area (Å²) in [5, 5.41) is 13.3. The lowest BCUT2D eigenvalue weighted by atomic mass is 9.77. The molecule has 1 heterocycles. The maximum Gasteiger partial charge on any atom is 0.339 e. The van der Waals surface area contributed by atoms with Crippen molar-refractivity contribution < 1.29 is 14.7 Å². The highest BCUT2D eigenvalue weighted by molar-refractivity contribution is 7.17. The summed E-state index contributed by atoms with van der Waals surface area (Å²) in [6.07, 6.45) is 2.52. The van der Waals surface area contributed by atoms with Crippen molar-refractivity contribution >= 4 is 39.8 Å². The Morgan fingerprint density at radius 1 is 1.25 bits per heavy atom. The highest BCUT2D eigenvalue weighted by Crippen LogP contribution is 2.43. The van der Waals surface area contributed by atoms with Gasteiger partial charge in [0.15, 0.2) is 0 Å². The van der Waals surface area contributed by atoms with Crippen LogP contribution in [0.5, 0.6) is 0 Å². The van der Waals surface area contributed by atoms with Crippen molar-refractivity contribution in [2.75, 3.05) is 5.32 Å². The number of fused-ring (bicyclic) bond motifs is 1. The number of carboxylic acid groups (broad SMARTS) is 1. The molecule has 0 aliphatic heterocycles. The molecule has 0 atom stereocenters. The van der Waals surface area contributed by atoms with Crippen molar-refractivity contribution in [3.05, 3.63) is 50.9 Å². The van der Waals surface area contributed by atoms with Crippen molar-refractivity contribution in [1.29, 1.82) is 0 Å². The number of anilines is 1. The van der Waals surface area contributed by atoms with E-state index in [1.165, 1.54) is 11.3 Å². The van der Waals surface area contributed by atoms with Gasteiger partial charge in [0, 0.05) is 15.5 Å². The monoisotopic (exact) mass is 363 g/mol. The molecule has 4 nitrogen and oxygen atoms in total. The fourth-order valence-electron chi connectivity index (χ4n) is 3.00. The lowest BCUT2D eigenvalue weighted by Gasteiger charge is -2.29. The molecule has 2 aromatic rings. The van der Waals surface area contributed by atoms with Crippen LogP contribution in [-0.2, 0) is 12.8 Å². The molecule has 0 unspecified atom stereocenters. The minimum absolute atomic E-state index is 0.158. The SMILES string of the molecule is CC1(C)CCc2c(sc(NC(=O)c3ccc(Cl)cc3)c2C(=O)O)C1. The van der Waals surface area contributed by atoms with Gasteiger partial charge in [0.25, 0.3) is 5.91 Å². The Morgan fingerprint density at radius 2 is 1.92 bits per heavy atom. The number of aromatic carboxylic acids is 1. The second-order valence-corrected chi connectivity index (χ2v) is 8.36. The summed E-state index contributed by atoms with van der Waals surface area (Å²) >= 11 is 7.21. The molecule has 6 heteroatoms. The van der Waals surface area contributed by atoms with Crippen LogP contribution in [0.1, 0.15) is 51.4 Å². The second-order valence-electron chi connectivity index (χ2n) is 6.82. The Balaban J connectivity index is 1.93. The minimum atomic E-state index is -0.987. The number of hydrogen-bond acceptors (Lipinski definition) is 3. The lowest BCUT2D eigenvalue weighted by Crippen LogP contribution is -2.21. The van der Waals surface area contributed by atoms with Crippen LogP contribution in [0.3, 0.4) is 0 Å². The van der Waals surface area contributed by atoms with Crippen LogP contribution in [0.15, 0.2) is 24.3 Å². The molecular formula is C18H18ClNO3S. The van der Waals surface area contributed by atoms with E-state index in [2.05, 4.69) is 19.2 Å². The molecular weight excluding hydrogens is 346 g/mol. The summed E-state index contributed by atoms with van der Waals surface area (Å²) in [7, 11) is 0. The molecule has 1 aliphatic carbocycles. The van der Waals surface area contributed by atoms with Crippen LogP contribution in [0, 0.1) is 5.41 Å². The number of rotatable bonds is 3. The second kappa shape index (κ2) is 6.22. The minimum Gasteiger partial charge on any atom is -0.478 e. The van der Waals surface area contributed by atoms with E-state index in [4.69, 9.17) is 11.6 Å². The van der Waals surface area contributed by atoms with Crippen molar-refractivity contribution in [1.82, 2.24) is 0 Å². The van der Waals surface area contributed by atoms with Gasteiger partial charge < -0.3 is 10.4 Å². The molecule has 24 heavy (non-hydrogen) atoms. The summed E-state index contributed by atoms with van der Waals surface area (Å²) in [6.45, 7) is 4.37. The van der Waals surface area contributed by atoms with Crippen molar-refractivity contribution in [3.63, 3.8) is 0 Å². The summed E-state index contributed by atoms with van der Waals surface area (Å²) in [4.78, 5) is 25.2. The average Bonchev–Trinajstić information content (AvgIpc) is 2.83. The summed E-state index contributed by atoms with van der Waals surface area (Å²) in [5.41, 5.74) is 1.72. The molecule has 1 aliphatic rings. The van der Waals surface area contributed by atoms with Gasteiger partial charge in [-0.15, -0.1) is 11.3 Å². The molecule has 0 bridgehead atoms. The summed E-state index contributed by atoms with van der Waals surface area (Å²) < 4.78 is 0. The fourth-order valence-corrected chi connectivity index (χ4v) is 4.62. The Hall–Kier alpha value is -1.85. The third-order valence-electron chi connectivity index (χ3n) is 4.33. The first-order valence-corrected chi connectivity index (χ1v) is 8.91. The largest absolute Gasteiger partial charge is 0.478 e. The molecule has 0 saturated carbocycles. The van der Waals surface area contributed by atoms with E-state index >= 15 is 0 Å². The maximum atomic E-state index is 12.4. The highest BCUT2D eigenvalue weighted by atomic mass is 35.5. The number of carbonyl (C=O) groups excluding carboxylic acids is 1. The van der Waals surface area contributed by atoms with Crippen molar-refractivity contribution in [3.8, 4) is 0 Å². The van der Waals surface area contributed by atoms with Crippen molar-refractivity contribution in [2.45, 2.75) is 33.1 Å². The van der Waals surface area contributed by atoms with Crippen LogP contribution in [0.2, 0.25) is 5.02 Å². The summed E-state index contributed by atoms with van der Waals surface area (Å²) in [5.74, 6) is -1.31. The Morgan fingerprint density at radius 3 is 2.54 bits per heavy atom. The Bertz CT molecular complexity index is 808. The molecule has 1 aromatic heterocycles. The zero-order valence-corrected chi connectivity index (χ0v) is 15.1. The molecule has 0 saturated heterocycles. The zero-order valence-electron chi connectivity index (χ0n) is 13.5. The molecule has 3 rings (SSSR count). The average molecular weight is 364 g/mol. The number of benzene rings is 1. The van der Waals surface area contributed by atoms with E-state index in [-0.39, 0.29) is 16.9 Å². The topological polar surface area (TPSA) is 66.4 Å². The molecule has 126 valence electrons. The van der Waals surface area contributed by atoms with E-state index in [0.29, 0.717) is 15.6 Å². The molecule has 0 spiro atoms. The van der Waals surface area contributed by atoms with Crippen LogP contribution in [0.25, 0.3) is 0 Å². The quantitative estimate of drug-likeness (QED) is 0.817. The Labute approximate surface area is 149 Å². The van der Waals surface area contributed by atoms with Crippen molar-refractivity contribution in [2.24, 2.45) is 5.41 Å². The predicted molar refractivity (Wildman–Crippen MR) is 96.5 cm³/mol. The van der Waals surface area contributed by atoms with Gasteiger partial charge in [0.2, 0.25) is 0 Å². The normalized spacial score (nSPS) is 15.6. The smallest absolute Gasteiger partial charge is 0.339 e. The molecule has 0 radical (unpaired) electrons. The first-order chi connectivity index (χ1) is 11.3. The van der Waals surface area contributed by atoms with Crippen LogP contribution >= 0.6 is 22.9 Å². The third-order valence-corrected chi connectivity index (χ3v) is 5.73. The number of hydrogen-bond donors (Lipinski definition) is 2. The van der Waals surface area contributed by atoms with Gasteiger partial charge in [-0.05, 0) is 54.5 Å². The molecule has 2 N–H and O–H groups in total. The number of thiophene rings is 1. The van der Waals surface area contributed by atoms with Gasteiger partial charge in [-0.3, -0.25) is 4.79 Å². The molecule has 1 aromatic carbocycles. The van der Waals surface area contributed by atoms with Gasteiger partial charge >= 0.3 is 5.97 Å². The third kappa shape index (κ3) is 3.32. The number of halogens is 1. The number of carbonyl (C=O) groups is 2. The van der Waals surface area contributed by atoms with Crippen LogP contribution in [0.4, 0.5) is 5.00 Å². The molecule has 0 fully saturated rings. The van der Waals surface area contributed by atoms with Gasteiger partial charge in [0.1, 0.15) is 5.00 Å². The van der Waals surface area contributed by atoms with E-state index in [0.717, 1.165) is 29.7 Å².